The number of hydrogen-bond donors (Lipinski definition) is 0. The van der Waals surface area contributed by atoms with E-state index in [2.05, 4.69) is 98.7 Å². The molecule has 0 heterocycles. The van der Waals surface area contributed by atoms with Gasteiger partial charge in [-0.3, -0.25) is 14.9 Å². The summed E-state index contributed by atoms with van der Waals surface area (Å²) < 4.78 is 12.5. The largest absolute Gasteiger partial charge is 0.497 e. The first-order valence-electron chi connectivity index (χ1n) is 15.2. The van der Waals surface area contributed by atoms with Gasteiger partial charge >= 0.3 is 0 Å². The number of non-ortho nitro benzene ring substituents is 1. The molecule has 0 N–H and O–H groups in total. The van der Waals surface area contributed by atoms with E-state index in [1.807, 2.05) is 24.3 Å². The van der Waals surface area contributed by atoms with Gasteiger partial charge in [0.25, 0.3) is 5.69 Å². The molecule has 6 nitrogen and oxygen atoms in total. The maximum atomic E-state index is 11.8. The average Bonchev–Trinajstić information content (AvgIpc) is 2.94. The Hall–Kier alpha value is -3.44. The number of hydrogen-bond acceptors (Lipinski definition) is 5. The summed E-state index contributed by atoms with van der Waals surface area (Å²) >= 11 is 0. The Morgan fingerprint density at radius 1 is 0.886 bits per heavy atom. The number of nitrogens with zero attached hydrogens (tertiary/aromatic N) is 1. The van der Waals surface area contributed by atoms with Gasteiger partial charge in [-0.05, 0) is 76.6 Å². The van der Waals surface area contributed by atoms with Gasteiger partial charge in [0, 0.05) is 23.3 Å². The minimum absolute atomic E-state index is 0.0223. The highest BCUT2D eigenvalue weighted by Gasteiger charge is 2.47. The molecule has 0 amide bonds. The molecule has 2 aromatic carbocycles. The summed E-state index contributed by atoms with van der Waals surface area (Å²) in [6, 6.07) is 13.7. The summed E-state index contributed by atoms with van der Waals surface area (Å²) in [5.74, 6) is 11.0. The van der Waals surface area contributed by atoms with E-state index in [0.717, 1.165) is 11.8 Å². The fraction of sp³-hybridized carbons (Fsp3) is 0.472. The molecule has 236 valence electrons. The second-order valence-electron chi connectivity index (χ2n) is 13.7. The molecule has 0 aliphatic heterocycles. The van der Waals surface area contributed by atoms with Crippen LogP contribution < -0.4 is 4.74 Å². The van der Waals surface area contributed by atoms with Crippen molar-refractivity contribution in [2.45, 2.75) is 103 Å². The molecule has 0 saturated carbocycles. The predicted octanol–water partition coefficient (Wildman–Crippen LogP) is 9.33. The van der Waals surface area contributed by atoms with E-state index in [-0.39, 0.29) is 10.7 Å². The van der Waals surface area contributed by atoms with Gasteiger partial charge in [0.05, 0.1) is 12.0 Å². The second kappa shape index (κ2) is 14.6. The van der Waals surface area contributed by atoms with E-state index in [0.29, 0.717) is 33.5 Å². The van der Waals surface area contributed by atoms with Gasteiger partial charge in [0.15, 0.2) is 8.32 Å². The standard InChI is InChI=1S/C36H49NO5Si2/c1-27(2)44(28(3)4,29(5)6)26-24-36(42-43(11,12)35(7,8)9,32-15-17-33(18-16-32)37(39)40)23-21-31(22-25-38)30-13-19-34(41-10)20-14-30/h13-20,22,25,27-29H,1-12H3/b31-22+. The van der Waals surface area contributed by atoms with E-state index in [9.17, 15) is 14.9 Å². The van der Waals surface area contributed by atoms with Crippen molar-refractivity contribution >= 4 is 33.9 Å². The van der Waals surface area contributed by atoms with E-state index in [1.165, 1.54) is 18.2 Å². The summed E-state index contributed by atoms with van der Waals surface area (Å²) in [5.41, 5.74) is 5.42. The number of nitro benzene ring substituents is 1. The quantitative estimate of drug-likeness (QED) is 0.0652. The maximum Gasteiger partial charge on any atom is 0.269 e. The van der Waals surface area contributed by atoms with Crippen LogP contribution in [-0.2, 0) is 14.8 Å². The highest BCUT2D eigenvalue weighted by Crippen LogP contribution is 2.44. The van der Waals surface area contributed by atoms with E-state index >= 15 is 0 Å². The zero-order valence-electron chi connectivity index (χ0n) is 28.5. The number of carbonyl (C=O) groups is 1. The van der Waals surface area contributed by atoms with E-state index in [4.69, 9.17) is 9.16 Å². The third-order valence-electron chi connectivity index (χ3n) is 9.03. The Morgan fingerprint density at radius 3 is 1.82 bits per heavy atom. The molecule has 0 aliphatic rings. The van der Waals surface area contributed by atoms with E-state index in [1.54, 1.807) is 19.2 Å². The summed E-state index contributed by atoms with van der Waals surface area (Å²) in [5, 5.41) is 11.4. The van der Waals surface area contributed by atoms with Gasteiger partial charge in [-0.2, -0.15) is 0 Å². The molecule has 1 atom stereocenters. The van der Waals surface area contributed by atoms with Crippen LogP contribution in [-0.4, -0.2) is 34.7 Å². The number of carbonyl (C=O) groups excluding carboxylic acids is 1. The van der Waals surface area contributed by atoms with Crippen LogP contribution in [0, 0.1) is 33.4 Å². The SMILES string of the molecule is COc1ccc(/C(C#CC(C#C[Si](C(C)C)(C(C)C)C(C)C)(O[Si](C)(C)C(C)(C)C)c2ccc([N+](=O)[O-])cc2)=C/C=O)cc1. The lowest BCUT2D eigenvalue weighted by atomic mass is 9.94. The molecule has 0 saturated heterocycles. The van der Waals surface area contributed by atoms with Crippen LogP contribution in [0.15, 0.2) is 54.6 Å². The molecule has 8 heteroatoms. The zero-order chi connectivity index (χ0) is 33.5. The molecular formula is C36H49NO5Si2. The third kappa shape index (κ3) is 8.18. The molecule has 2 aromatic rings. The van der Waals surface area contributed by atoms with E-state index < -0.39 is 26.9 Å². The van der Waals surface area contributed by atoms with Gasteiger partial charge in [0.1, 0.15) is 20.1 Å². The van der Waals surface area contributed by atoms with Crippen LogP contribution in [0.3, 0.4) is 0 Å². The lowest BCUT2D eigenvalue weighted by Crippen LogP contribution is -2.48. The molecule has 0 bridgehead atoms. The fourth-order valence-electron chi connectivity index (χ4n) is 5.47. The number of ether oxygens (including phenoxy) is 1. The first kappa shape index (κ1) is 36.8. The fourth-order valence-corrected chi connectivity index (χ4v) is 12.0. The first-order chi connectivity index (χ1) is 20.4. The van der Waals surface area contributed by atoms with Crippen molar-refractivity contribution in [1.29, 1.82) is 0 Å². The molecule has 2 rings (SSSR count). The van der Waals surface area contributed by atoms with Crippen LogP contribution in [0.5, 0.6) is 5.75 Å². The van der Waals surface area contributed by atoms with Crippen molar-refractivity contribution in [2.24, 2.45) is 0 Å². The van der Waals surface area contributed by atoms with Crippen molar-refractivity contribution in [1.82, 2.24) is 0 Å². The minimum Gasteiger partial charge on any atom is -0.497 e. The number of allylic oxidation sites excluding steroid dienone is 2. The van der Waals surface area contributed by atoms with Crippen LogP contribution in [0.4, 0.5) is 5.69 Å². The normalized spacial score (nSPS) is 13.9. The van der Waals surface area contributed by atoms with Gasteiger partial charge in [-0.1, -0.05) is 86.3 Å². The van der Waals surface area contributed by atoms with Crippen LogP contribution in [0.25, 0.3) is 5.57 Å². The summed E-state index contributed by atoms with van der Waals surface area (Å²) in [6.45, 7) is 24.3. The van der Waals surface area contributed by atoms with Crippen molar-refractivity contribution < 1.29 is 18.9 Å². The summed E-state index contributed by atoms with van der Waals surface area (Å²) in [4.78, 5) is 22.9. The summed E-state index contributed by atoms with van der Waals surface area (Å²) in [6.07, 6.45) is 2.15. The molecule has 0 aromatic heterocycles. The van der Waals surface area contributed by atoms with Crippen LogP contribution >= 0.6 is 0 Å². The molecule has 0 radical (unpaired) electrons. The highest BCUT2D eigenvalue weighted by atomic mass is 28.4. The lowest BCUT2D eigenvalue weighted by molar-refractivity contribution is -0.384. The lowest BCUT2D eigenvalue weighted by Gasteiger charge is -2.42. The smallest absolute Gasteiger partial charge is 0.269 e. The number of nitro groups is 1. The van der Waals surface area contributed by atoms with Crippen LogP contribution in [0.2, 0.25) is 34.8 Å². The Bertz CT molecular complexity index is 1440. The summed E-state index contributed by atoms with van der Waals surface area (Å²) in [7, 11) is -3.20. The Balaban J connectivity index is 3.09. The van der Waals surface area contributed by atoms with Gasteiger partial charge in [-0.25, -0.2) is 0 Å². The maximum absolute atomic E-state index is 11.8. The number of methoxy groups -OCH3 is 1. The third-order valence-corrected chi connectivity index (χ3v) is 19.7. The average molecular weight is 632 g/mol. The minimum atomic E-state index is -2.55. The van der Waals surface area contributed by atoms with Gasteiger partial charge in [-0.15, -0.1) is 5.54 Å². The Kier molecular flexibility index (Phi) is 12.2. The Morgan fingerprint density at radius 2 is 1.41 bits per heavy atom. The van der Waals surface area contributed by atoms with Gasteiger partial charge in [0.2, 0.25) is 5.60 Å². The number of benzene rings is 2. The number of rotatable bonds is 10. The first-order valence-corrected chi connectivity index (χ1v) is 20.3. The number of aldehydes is 1. The monoisotopic (exact) mass is 631 g/mol. The zero-order valence-corrected chi connectivity index (χ0v) is 30.5. The molecular weight excluding hydrogens is 583 g/mol. The topological polar surface area (TPSA) is 78.7 Å². The van der Waals surface area contributed by atoms with Gasteiger partial charge < -0.3 is 9.16 Å². The molecule has 1 unspecified atom stereocenters. The van der Waals surface area contributed by atoms with Crippen molar-refractivity contribution in [2.75, 3.05) is 7.11 Å². The molecule has 0 aliphatic carbocycles. The van der Waals surface area contributed by atoms with Crippen molar-refractivity contribution in [3.63, 3.8) is 0 Å². The predicted molar refractivity (Wildman–Crippen MR) is 187 cm³/mol. The van der Waals surface area contributed by atoms with Crippen molar-refractivity contribution in [3.8, 4) is 29.1 Å². The highest BCUT2D eigenvalue weighted by molar-refractivity contribution is 6.90. The molecule has 0 spiro atoms. The molecule has 0 fully saturated rings. The Labute approximate surface area is 266 Å². The second-order valence-corrected chi connectivity index (χ2v) is 24.0. The molecule has 44 heavy (non-hydrogen) atoms. The van der Waals surface area contributed by atoms with Crippen LogP contribution in [0.1, 0.15) is 73.4 Å². The van der Waals surface area contributed by atoms with Crippen molar-refractivity contribution in [3.05, 3.63) is 75.8 Å².